The van der Waals surface area contributed by atoms with Crippen molar-refractivity contribution < 1.29 is 0 Å². The zero-order valence-electron chi connectivity index (χ0n) is 11.8. The summed E-state index contributed by atoms with van der Waals surface area (Å²) in [5, 5.41) is 0. The van der Waals surface area contributed by atoms with Crippen molar-refractivity contribution in [2.24, 2.45) is 0 Å². The summed E-state index contributed by atoms with van der Waals surface area (Å²) in [4.78, 5) is 2.36. The molecule has 0 aliphatic heterocycles. The maximum atomic E-state index is 3.84. The normalized spacial score (nSPS) is 11.1. The van der Waals surface area contributed by atoms with Gasteiger partial charge in [0.2, 0.25) is 0 Å². The first kappa shape index (κ1) is 14.3. The molecule has 0 N–H and O–H groups in total. The third-order valence-electron chi connectivity index (χ3n) is 3.11. The first-order valence-corrected chi connectivity index (χ1v) is 6.97. The molecule has 0 saturated heterocycles. The van der Waals surface area contributed by atoms with E-state index in [-0.39, 0.29) is 0 Å². The third-order valence-corrected chi connectivity index (χ3v) is 3.11. The highest BCUT2D eigenvalue weighted by molar-refractivity contribution is 5.48. The molecule has 2 aromatic carbocycles. The van der Waals surface area contributed by atoms with Crippen LogP contribution in [0.5, 0.6) is 0 Å². The molecular weight excluding hydrogens is 242 g/mol. The van der Waals surface area contributed by atoms with Gasteiger partial charge in [0.05, 0.1) is 0 Å². The average Bonchev–Trinajstić information content (AvgIpc) is 2.49. The van der Waals surface area contributed by atoms with Crippen molar-refractivity contribution in [1.29, 1.82) is 0 Å². The van der Waals surface area contributed by atoms with Gasteiger partial charge < -0.3 is 0 Å². The van der Waals surface area contributed by atoms with Gasteiger partial charge in [-0.25, -0.2) is 0 Å². The lowest BCUT2D eigenvalue weighted by molar-refractivity contribution is 0.328. The molecule has 0 aliphatic rings. The van der Waals surface area contributed by atoms with Crippen molar-refractivity contribution in [1.82, 2.24) is 4.90 Å². The van der Waals surface area contributed by atoms with Crippen LogP contribution in [0.25, 0.3) is 6.08 Å². The van der Waals surface area contributed by atoms with Gasteiger partial charge in [-0.2, -0.15) is 0 Å². The summed E-state index contributed by atoms with van der Waals surface area (Å²) in [7, 11) is 0. The maximum absolute atomic E-state index is 3.84. The van der Waals surface area contributed by atoms with Gasteiger partial charge in [0.1, 0.15) is 0 Å². The van der Waals surface area contributed by atoms with Crippen LogP contribution in [0.1, 0.15) is 11.1 Å². The Morgan fingerprint density at radius 3 is 2.15 bits per heavy atom. The van der Waals surface area contributed by atoms with Crippen LogP contribution in [0.15, 0.2) is 79.4 Å². The van der Waals surface area contributed by atoms with Gasteiger partial charge in [0.15, 0.2) is 0 Å². The van der Waals surface area contributed by atoms with Crippen LogP contribution in [0.2, 0.25) is 0 Å². The zero-order valence-corrected chi connectivity index (χ0v) is 11.8. The molecule has 2 aromatic rings. The van der Waals surface area contributed by atoms with E-state index in [9.17, 15) is 0 Å². The first-order chi connectivity index (χ1) is 9.88. The summed E-state index contributed by atoms with van der Waals surface area (Å²) in [6.45, 7) is 6.62. The molecule has 0 saturated carbocycles. The second-order valence-electron chi connectivity index (χ2n) is 4.78. The molecule has 0 atom stereocenters. The highest BCUT2D eigenvalue weighted by atomic mass is 15.1. The lowest BCUT2D eigenvalue weighted by atomic mass is 10.2. The van der Waals surface area contributed by atoms with Gasteiger partial charge in [-0.3, -0.25) is 4.90 Å². The molecular formula is C19H21N. The van der Waals surface area contributed by atoms with E-state index < -0.39 is 0 Å². The summed E-state index contributed by atoms with van der Waals surface area (Å²) in [5.74, 6) is 0. The SMILES string of the molecule is C=CCN(CC=Cc1ccccc1)Cc1ccccc1. The topological polar surface area (TPSA) is 3.24 Å². The molecule has 0 aromatic heterocycles. The quantitative estimate of drug-likeness (QED) is 0.670. The summed E-state index contributed by atoms with van der Waals surface area (Å²) in [6, 6.07) is 20.9. The Morgan fingerprint density at radius 2 is 1.50 bits per heavy atom. The lowest BCUT2D eigenvalue weighted by Gasteiger charge is -2.18. The van der Waals surface area contributed by atoms with Crippen molar-refractivity contribution in [3.05, 3.63) is 90.5 Å². The maximum Gasteiger partial charge on any atom is 0.0240 e. The van der Waals surface area contributed by atoms with Gasteiger partial charge in [-0.05, 0) is 11.1 Å². The number of hydrogen-bond acceptors (Lipinski definition) is 1. The minimum absolute atomic E-state index is 0.897. The van der Waals surface area contributed by atoms with Gasteiger partial charge >= 0.3 is 0 Å². The van der Waals surface area contributed by atoms with Crippen LogP contribution < -0.4 is 0 Å². The smallest absolute Gasteiger partial charge is 0.0240 e. The van der Waals surface area contributed by atoms with Crippen molar-refractivity contribution in [3.8, 4) is 0 Å². The van der Waals surface area contributed by atoms with Crippen LogP contribution in [0.4, 0.5) is 0 Å². The molecule has 0 heterocycles. The number of hydrogen-bond donors (Lipinski definition) is 0. The van der Waals surface area contributed by atoms with E-state index in [2.05, 4.69) is 78.2 Å². The van der Waals surface area contributed by atoms with E-state index in [0.717, 1.165) is 19.6 Å². The Balaban J connectivity index is 1.92. The van der Waals surface area contributed by atoms with Crippen molar-refractivity contribution in [3.63, 3.8) is 0 Å². The highest BCUT2D eigenvalue weighted by Crippen LogP contribution is 2.06. The van der Waals surface area contributed by atoms with Crippen LogP contribution >= 0.6 is 0 Å². The number of nitrogens with zero attached hydrogens (tertiary/aromatic N) is 1. The van der Waals surface area contributed by atoms with Gasteiger partial charge in [0, 0.05) is 19.6 Å². The second kappa shape index (κ2) is 8.13. The van der Waals surface area contributed by atoms with E-state index in [1.165, 1.54) is 11.1 Å². The Labute approximate surface area is 121 Å². The predicted molar refractivity (Wildman–Crippen MR) is 87.4 cm³/mol. The highest BCUT2D eigenvalue weighted by Gasteiger charge is 2.01. The average molecular weight is 263 g/mol. The molecule has 1 heteroatoms. The molecule has 0 radical (unpaired) electrons. The zero-order chi connectivity index (χ0) is 14.0. The van der Waals surface area contributed by atoms with E-state index in [4.69, 9.17) is 0 Å². The second-order valence-corrected chi connectivity index (χ2v) is 4.78. The number of rotatable bonds is 7. The van der Waals surface area contributed by atoms with Crippen molar-refractivity contribution in [2.75, 3.05) is 13.1 Å². The first-order valence-electron chi connectivity index (χ1n) is 6.97. The minimum Gasteiger partial charge on any atom is -0.292 e. The molecule has 0 bridgehead atoms. The molecule has 0 fully saturated rings. The number of benzene rings is 2. The van der Waals surface area contributed by atoms with Crippen LogP contribution in [0, 0.1) is 0 Å². The summed E-state index contributed by atoms with van der Waals surface area (Å²) >= 11 is 0. The Bertz CT molecular complexity index is 528. The Hall–Kier alpha value is -2.12. The predicted octanol–water partition coefficient (Wildman–Crippen LogP) is 4.39. The molecule has 1 nitrogen and oxygen atoms in total. The van der Waals surface area contributed by atoms with Crippen molar-refractivity contribution >= 4 is 6.08 Å². The standard InChI is InChI=1S/C19H21N/c1-2-15-20(17-19-12-7-4-8-13-19)16-9-14-18-10-5-3-6-11-18/h2-14H,1,15-17H2. The van der Waals surface area contributed by atoms with Gasteiger partial charge in [-0.1, -0.05) is 78.9 Å². The van der Waals surface area contributed by atoms with Gasteiger partial charge in [-0.15, -0.1) is 6.58 Å². The van der Waals surface area contributed by atoms with Gasteiger partial charge in [0.25, 0.3) is 0 Å². The van der Waals surface area contributed by atoms with E-state index in [1.807, 2.05) is 12.1 Å². The summed E-state index contributed by atoms with van der Waals surface area (Å²) in [5.41, 5.74) is 2.58. The van der Waals surface area contributed by atoms with Crippen LogP contribution in [-0.2, 0) is 6.54 Å². The molecule has 0 spiro atoms. The van der Waals surface area contributed by atoms with E-state index in [1.54, 1.807) is 0 Å². The molecule has 102 valence electrons. The van der Waals surface area contributed by atoms with Crippen molar-refractivity contribution in [2.45, 2.75) is 6.54 Å². The minimum atomic E-state index is 0.897. The molecule has 20 heavy (non-hydrogen) atoms. The monoisotopic (exact) mass is 263 g/mol. The Morgan fingerprint density at radius 1 is 0.850 bits per heavy atom. The molecule has 0 unspecified atom stereocenters. The summed E-state index contributed by atoms with van der Waals surface area (Å²) in [6.07, 6.45) is 6.34. The molecule has 2 rings (SSSR count). The van der Waals surface area contributed by atoms with E-state index in [0.29, 0.717) is 0 Å². The fourth-order valence-electron chi connectivity index (χ4n) is 2.13. The van der Waals surface area contributed by atoms with Crippen LogP contribution in [-0.4, -0.2) is 18.0 Å². The summed E-state index contributed by atoms with van der Waals surface area (Å²) < 4.78 is 0. The van der Waals surface area contributed by atoms with E-state index >= 15 is 0 Å². The molecule has 0 aliphatic carbocycles. The Kier molecular flexibility index (Phi) is 5.81. The largest absolute Gasteiger partial charge is 0.292 e. The fraction of sp³-hybridized carbons (Fsp3) is 0.158. The fourth-order valence-corrected chi connectivity index (χ4v) is 2.13. The van der Waals surface area contributed by atoms with Crippen LogP contribution in [0.3, 0.4) is 0 Å². The lowest BCUT2D eigenvalue weighted by Crippen LogP contribution is -2.23. The third kappa shape index (κ3) is 4.87. The molecule has 0 amide bonds.